The van der Waals surface area contributed by atoms with Crippen LogP contribution in [0, 0.1) is 11.6 Å². The quantitative estimate of drug-likeness (QED) is 0.773. The molecule has 0 radical (unpaired) electrons. The van der Waals surface area contributed by atoms with Crippen LogP contribution >= 0.6 is 0 Å². The van der Waals surface area contributed by atoms with Gasteiger partial charge < -0.3 is 14.4 Å². The van der Waals surface area contributed by atoms with Gasteiger partial charge in [0, 0.05) is 17.5 Å². The van der Waals surface area contributed by atoms with E-state index in [2.05, 4.69) is 0 Å². The number of furan rings is 1. The van der Waals surface area contributed by atoms with Gasteiger partial charge in [-0.05, 0) is 36.8 Å². The van der Waals surface area contributed by atoms with Crippen molar-refractivity contribution in [3.63, 3.8) is 0 Å². The number of fused-ring (bicyclic) bond motifs is 1. The van der Waals surface area contributed by atoms with Gasteiger partial charge in [-0.2, -0.15) is 0 Å². The van der Waals surface area contributed by atoms with Gasteiger partial charge in [0.25, 0.3) is 5.91 Å². The number of para-hydroxylation sites is 1. The molecule has 2 atom stereocenters. The molecule has 1 aliphatic heterocycles. The molecule has 1 aliphatic rings. The number of hydrogen-bond acceptors (Lipinski definition) is 3. The van der Waals surface area contributed by atoms with Crippen molar-refractivity contribution < 1.29 is 23.1 Å². The predicted molar refractivity (Wildman–Crippen MR) is 87.0 cm³/mol. The summed E-state index contributed by atoms with van der Waals surface area (Å²) in [6.07, 6.45) is -0.659. The molecule has 4 nitrogen and oxygen atoms in total. The second kappa shape index (κ2) is 5.97. The highest BCUT2D eigenvalue weighted by atomic mass is 19.1. The third-order valence-corrected chi connectivity index (χ3v) is 4.49. The van der Waals surface area contributed by atoms with E-state index in [0.29, 0.717) is 5.58 Å². The molecule has 25 heavy (non-hydrogen) atoms. The van der Waals surface area contributed by atoms with Crippen LogP contribution in [0.2, 0.25) is 0 Å². The van der Waals surface area contributed by atoms with Crippen LogP contribution < -0.4 is 0 Å². The molecule has 0 spiro atoms. The molecule has 3 aromatic rings. The number of rotatable bonds is 2. The van der Waals surface area contributed by atoms with Gasteiger partial charge >= 0.3 is 0 Å². The summed E-state index contributed by atoms with van der Waals surface area (Å²) in [5, 5.41) is 10.8. The Kier molecular flexibility index (Phi) is 3.77. The number of hydrogen-bond donors (Lipinski definition) is 1. The van der Waals surface area contributed by atoms with E-state index in [1.807, 2.05) is 12.1 Å². The van der Waals surface area contributed by atoms with E-state index in [9.17, 15) is 18.7 Å². The number of halogens is 2. The van der Waals surface area contributed by atoms with Gasteiger partial charge in [-0.15, -0.1) is 0 Å². The number of nitrogens with zero attached hydrogens (tertiary/aromatic N) is 1. The first kappa shape index (κ1) is 15.8. The fourth-order valence-electron chi connectivity index (χ4n) is 3.33. The van der Waals surface area contributed by atoms with Crippen LogP contribution in [0.25, 0.3) is 11.0 Å². The maximum Gasteiger partial charge on any atom is 0.290 e. The van der Waals surface area contributed by atoms with Gasteiger partial charge in [0.05, 0.1) is 12.1 Å². The molecule has 4 rings (SSSR count). The summed E-state index contributed by atoms with van der Waals surface area (Å²) < 4.78 is 33.3. The van der Waals surface area contributed by atoms with Gasteiger partial charge in [-0.25, -0.2) is 8.78 Å². The van der Waals surface area contributed by atoms with Crippen LogP contribution in [0.4, 0.5) is 8.78 Å². The van der Waals surface area contributed by atoms with Crippen molar-refractivity contribution in [2.75, 3.05) is 6.54 Å². The molecule has 0 aliphatic carbocycles. The average Bonchev–Trinajstić information content (AvgIpc) is 3.19. The normalized spacial score (nSPS) is 20.4. The minimum atomic E-state index is -0.805. The fraction of sp³-hybridized carbons (Fsp3) is 0.211. The number of carbonyl (C=O) groups is 1. The highest BCUT2D eigenvalue weighted by Gasteiger charge is 2.38. The van der Waals surface area contributed by atoms with E-state index >= 15 is 0 Å². The summed E-state index contributed by atoms with van der Waals surface area (Å²) in [5.41, 5.74) is 0.625. The number of likely N-dealkylation sites (tertiary alicyclic amines) is 1. The third-order valence-electron chi connectivity index (χ3n) is 4.49. The van der Waals surface area contributed by atoms with Gasteiger partial charge in [0.2, 0.25) is 0 Å². The van der Waals surface area contributed by atoms with Gasteiger partial charge in [-0.3, -0.25) is 4.79 Å². The first-order chi connectivity index (χ1) is 12.0. The monoisotopic (exact) mass is 343 g/mol. The summed E-state index contributed by atoms with van der Waals surface area (Å²) in [4.78, 5) is 14.2. The molecular weight excluding hydrogens is 328 g/mol. The van der Waals surface area contributed by atoms with Crippen molar-refractivity contribution in [2.45, 2.75) is 18.6 Å². The number of benzene rings is 2. The Labute approximate surface area is 142 Å². The molecule has 0 bridgehead atoms. The van der Waals surface area contributed by atoms with Crippen molar-refractivity contribution in [2.24, 2.45) is 0 Å². The van der Waals surface area contributed by atoms with Crippen LogP contribution in [0.15, 0.2) is 52.9 Å². The minimum absolute atomic E-state index is 0.0382. The molecule has 6 heteroatoms. The topological polar surface area (TPSA) is 53.7 Å². The second-order valence-electron chi connectivity index (χ2n) is 6.18. The summed E-state index contributed by atoms with van der Waals surface area (Å²) in [5.74, 6) is -1.55. The van der Waals surface area contributed by atoms with Crippen LogP contribution in [0.1, 0.15) is 28.6 Å². The Bertz CT molecular complexity index is 920. The molecule has 2 aromatic carbocycles. The zero-order valence-electron chi connectivity index (χ0n) is 13.2. The SMILES string of the molecule is O=C(c1cc2ccccc2o1)N1CC(O)CC1c1cc(F)ccc1F. The Morgan fingerprint density at radius 2 is 1.96 bits per heavy atom. The highest BCUT2D eigenvalue weighted by Crippen LogP contribution is 2.35. The van der Waals surface area contributed by atoms with E-state index in [4.69, 9.17) is 4.42 Å². The molecule has 0 saturated carbocycles. The van der Waals surface area contributed by atoms with Crippen LogP contribution in [0.3, 0.4) is 0 Å². The lowest BCUT2D eigenvalue weighted by Crippen LogP contribution is -2.32. The Morgan fingerprint density at radius 1 is 1.16 bits per heavy atom. The molecular formula is C19H15F2NO3. The third kappa shape index (κ3) is 2.78. The lowest BCUT2D eigenvalue weighted by atomic mass is 10.0. The van der Waals surface area contributed by atoms with Crippen molar-refractivity contribution in [3.05, 3.63) is 71.5 Å². The lowest BCUT2D eigenvalue weighted by Gasteiger charge is -2.24. The average molecular weight is 343 g/mol. The second-order valence-corrected chi connectivity index (χ2v) is 6.18. The van der Waals surface area contributed by atoms with E-state index in [0.717, 1.165) is 23.6 Å². The summed E-state index contributed by atoms with van der Waals surface area (Å²) in [6, 6.07) is 11.2. The summed E-state index contributed by atoms with van der Waals surface area (Å²) in [6.45, 7) is 0.0382. The largest absolute Gasteiger partial charge is 0.451 e. The van der Waals surface area contributed by atoms with Gasteiger partial charge in [-0.1, -0.05) is 18.2 Å². The zero-order valence-corrected chi connectivity index (χ0v) is 13.2. The van der Waals surface area contributed by atoms with E-state index in [-0.39, 0.29) is 24.3 Å². The Morgan fingerprint density at radius 3 is 2.76 bits per heavy atom. The number of aliphatic hydroxyl groups excluding tert-OH is 1. The molecule has 1 fully saturated rings. The smallest absolute Gasteiger partial charge is 0.290 e. The fourth-order valence-corrected chi connectivity index (χ4v) is 3.33. The first-order valence-electron chi connectivity index (χ1n) is 7.95. The van der Waals surface area contributed by atoms with E-state index in [1.165, 1.54) is 4.90 Å². The Hall–Kier alpha value is -2.73. The number of β-amino-alcohol motifs (C(OH)–C–C–N with tert-alkyl or cyclic N) is 1. The first-order valence-corrected chi connectivity index (χ1v) is 7.95. The van der Waals surface area contributed by atoms with Crippen LogP contribution in [-0.4, -0.2) is 28.6 Å². The maximum atomic E-state index is 14.1. The molecule has 2 unspecified atom stereocenters. The molecule has 1 amide bonds. The molecule has 2 heterocycles. The standard InChI is InChI=1S/C19H15F2NO3/c20-12-5-6-15(21)14(8-12)16-9-13(23)10-22(16)19(24)18-7-11-3-1-2-4-17(11)25-18/h1-8,13,16,23H,9-10H2. The molecule has 128 valence electrons. The van der Waals surface area contributed by atoms with Crippen molar-refractivity contribution in [1.29, 1.82) is 0 Å². The lowest BCUT2D eigenvalue weighted by molar-refractivity contribution is 0.0684. The molecule has 1 saturated heterocycles. The summed E-state index contributed by atoms with van der Waals surface area (Å²) >= 11 is 0. The molecule has 1 N–H and O–H groups in total. The maximum absolute atomic E-state index is 14.1. The minimum Gasteiger partial charge on any atom is -0.451 e. The highest BCUT2D eigenvalue weighted by molar-refractivity contribution is 5.96. The number of aliphatic hydroxyl groups is 1. The van der Waals surface area contributed by atoms with E-state index in [1.54, 1.807) is 18.2 Å². The zero-order chi connectivity index (χ0) is 17.6. The van der Waals surface area contributed by atoms with Crippen molar-refractivity contribution >= 4 is 16.9 Å². The van der Waals surface area contributed by atoms with E-state index < -0.39 is 29.7 Å². The van der Waals surface area contributed by atoms with Gasteiger partial charge in [0.15, 0.2) is 5.76 Å². The van der Waals surface area contributed by atoms with Crippen molar-refractivity contribution in [1.82, 2.24) is 4.90 Å². The van der Waals surface area contributed by atoms with Gasteiger partial charge in [0.1, 0.15) is 17.2 Å². The number of amides is 1. The van der Waals surface area contributed by atoms with Crippen LogP contribution in [-0.2, 0) is 0 Å². The Balaban J connectivity index is 1.71. The summed E-state index contributed by atoms with van der Waals surface area (Å²) in [7, 11) is 0. The number of carbonyl (C=O) groups excluding carboxylic acids is 1. The van der Waals surface area contributed by atoms with Crippen LogP contribution in [0.5, 0.6) is 0 Å². The predicted octanol–water partition coefficient (Wildman–Crippen LogP) is 3.66. The molecule has 1 aromatic heterocycles. The van der Waals surface area contributed by atoms with Crippen molar-refractivity contribution in [3.8, 4) is 0 Å².